The molecule has 0 fully saturated rings. The summed E-state index contributed by atoms with van der Waals surface area (Å²) >= 11 is 13.7. The van der Waals surface area contributed by atoms with Gasteiger partial charge in [-0.3, -0.25) is 4.55 Å². The highest BCUT2D eigenvalue weighted by atomic mass is 79.9. The smallest absolute Gasteiger partial charge is 0.370 e. The molecular weight excluding hydrogens is 544 g/mol. The Morgan fingerprint density at radius 1 is 1.31 bits per heavy atom. The van der Waals surface area contributed by atoms with Gasteiger partial charge in [0, 0.05) is 16.0 Å². The summed E-state index contributed by atoms with van der Waals surface area (Å²) in [7, 11) is -4.31. The summed E-state index contributed by atoms with van der Waals surface area (Å²) in [4.78, 5) is 13.6. The number of benzene rings is 1. The quantitative estimate of drug-likeness (QED) is 0.354. The number of nitrogens with zero attached hydrogens (tertiary/aromatic N) is 2. The van der Waals surface area contributed by atoms with E-state index in [1.54, 1.807) is 28.8 Å². The number of carbonyl (C=O) groups is 1. The molecule has 0 atom stereocenters. The number of halogens is 2. The van der Waals surface area contributed by atoms with Crippen molar-refractivity contribution in [2.75, 3.05) is 10.8 Å². The van der Waals surface area contributed by atoms with Gasteiger partial charge in [0.15, 0.2) is 9.89 Å². The summed E-state index contributed by atoms with van der Waals surface area (Å²) in [6, 6.07) is 6.96. The van der Waals surface area contributed by atoms with Gasteiger partial charge in [0.25, 0.3) is 15.1 Å². The van der Waals surface area contributed by atoms with Crippen molar-refractivity contribution in [1.29, 1.82) is 0 Å². The zero-order chi connectivity index (χ0) is 20.9. The van der Waals surface area contributed by atoms with Crippen LogP contribution in [0.5, 0.6) is 0 Å². The normalized spacial score (nSPS) is 15.4. The molecule has 0 saturated heterocycles. The third-order valence-corrected chi connectivity index (χ3v) is 8.72. The van der Waals surface area contributed by atoms with E-state index in [9.17, 15) is 22.9 Å². The van der Waals surface area contributed by atoms with Crippen LogP contribution in [0.2, 0.25) is 5.02 Å². The standard InChI is InChI=1S/C16H10BrClN2O5S4/c17-12-4-10-16(27-12)28-13(19(10)6-15(21)22)5-14-20(7-29(23,24)25)9-3-8(18)1-2-11(9)26-14/h1-5H,6-7H2,(H-,21,22,23,24,25)/p+1. The molecule has 0 unspecified atom stereocenters. The van der Waals surface area contributed by atoms with Gasteiger partial charge < -0.3 is 10.0 Å². The number of thiophene rings is 1. The molecule has 0 saturated carbocycles. The molecule has 1 aromatic carbocycles. The summed E-state index contributed by atoms with van der Waals surface area (Å²) < 4.78 is 36.1. The van der Waals surface area contributed by atoms with Crippen LogP contribution >= 0.6 is 62.0 Å². The van der Waals surface area contributed by atoms with E-state index >= 15 is 0 Å². The fraction of sp³-hybridized carbons (Fsp3) is 0.125. The van der Waals surface area contributed by atoms with Gasteiger partial charge in [-0.15, -0.1) is 11.3 Å². The third kappa shape index (κ3) is 4.48. The number of rotatable bonds is 5. The van der Waals surface area contributed by atoms with Crippen LogP contribution in [0.15, 0.2) is 38.0 Å². The second-order valence-corrected chi connectivity index (χ2v) is 12.6. The van der Waals surface area contributed by atoms with E-state index in [4.69, 9.17) is 11.6 Å². The molecule has 0 radical (unpaired) electrons. The second-order valence-electron chi connectivity index (χ2n) is 5.98. The van der Waals surface area contributed by atoms with Gasteiger partial charge in [0.2, 0.25) is 12.1 Å². The van der Waals surface area contributed by atoms with E-state index < -0.39 is 22.0 Å². The maximum Gasteiger partial charge on any atom is 0.370 e. The highest BCUT2D eigenvalue weighted by molar-refractivity contribution is 9.11. The van der Waals surface area contributed by atoms with Gasteiger partial charge in [-0.2, -0.15) is 13.0 Å². The van der Waals surface area contributed by atoms with E-state index in [-0.39, 0.29) is 6.54 Å². The van der Waals surface area contributed by atoms with Crippen LogP contribution < -0.4 is 9.47 Å². The van der Waals surface area contributed by atoms with Crippen LogP contribution in [0, 0.1) is 0 Å². The maximum atomic E-state index is 11.6. The Hall–Kier alpha value is -1.15. The number of carboxylic acids is 1. The van der Waals surface area contributed by atoms with Crippen LogP contribution in [0.1, 0.15) is 5.01 Å². The van der Waals surface area contributed by atoms with E-state index in [1.165, 1.54) is 39.3 Å². The molecule has 2 aromatic heterocycles. The van der Waals surface area contributed by atoms with E-state index in [2.05, 4.69) is 15.9 Å². The number of aliphatic carboxylic acids is 1. The third-order valence-electron chi connectivity index (χ3n) is 3.93. The second kappa shape index (κ2) is 7.84. The molecular formula is C16H11BrClN2O5S4+. The fourth-order valence-corrected chi connectivity index (χ4v) is 8.11. The first-order chi connectivity index (χ1) is 13.6. The number of anilines is 1. The molecule has 1 aliphatic rings. The zero-order valence-electron chi connectivity index (χ0n) is 14.2. The summed E-state index contributed by atoms with van der Waals surface area (Å²) in [5, 5.41) is 11.0. The Morgan fingerprint density at radius 2 is 2.07 bits per heavy atom. The number of carboxylic acid groups (broad SMARTS) is 1. The van der Waals surface area contributed by atoms with Gasteiger partial charge in [-0.25, -0.2) is 4.79 Å². The predicted molar refractivity (Wildman–Crippen MR) is 119 cm³/mol. The molecule has 1 aliphatic heterocycles. The van der Waals surface area contributed by atoms with Crippen LogP contribution in [0.3, 0.4) is 0 Å². The average Bonchev–Trinajstić information content (AvgIpc) is 3.20. The van der Waals surface area contributed by atoms with E-state index in [0.717, 1.165) is 18.2 Å². The first kappa shape index (κ1) is 21.1. The van der Waals surface area contributed by atoms with E-state index in [1.807, 2.05) is 6.07 Å². The minimum atomic E-state index is -4.31. The summed E-state index contributed by atoms with van der Waals surface area (Å²) in [5.74, 6) is -1.62. The van der Waals surface area contributed by atoms with Crippen molar-refractivity contribution in [2.45, 2.75) is 11.4 Å². The molecule has 0 amide bonds. The summed E-state index contributed by atoms with van der Waals surface area (Å²) in [6.07, 6.45) is 1.73. The van der Waals surface area contributed by atoms with Crippen molar-refractivity contribution in [3.63, 3.8) is 0 Å². The molecule has 3 aromatic rings. The monoisotopic (exact) mass is 553 g/mol. The molecule has 0 bridgehead atoms. The molecule has 2 N–H and O–H groups in total. The van der Waals surface area contributed by atoms with Gasteiger partial charge in [-0.1, -0.05) is 34.7 Å². The van der Waals surface area contributed by atoms with Crippen molar-refractivity contribution in [3.05, 3.63) is 43.1 Å². The number of fused-ring (bicyclic) bond motifs is 2. The van der Waals surface area contributed by atoms with Crippen molar-refractivity contribution < 1.29 is 27.4 Å². The number of aromatic nitrogens is 1. The van der Waals surface area contributed by atoms with Crippen LogP contribution in [-0.2, 0) is 21.5 Å². The molecule has 0 aliphatic carbocycles. The molecule has 0 spiro atoms. The lowest BCUT2D eigenvalue weighted by Crippen LogP contribution is -2.39. The SMILES string of the molecule is O=C(O)C[n+]1c(C=C2Sc3ccc(Cl)cc3N2CS(=O)(=O)O)sc2sc(Br)cc21. The lowest BCUT2D eigenvalue weighted by molar-refractivity contribution is -0.657. The lowest BCUT2D eigenvalue weighted by atomic mass is 10.3. The number of thioether (sulfide) groups is 1. The highest BCUT2D eigenvalue weighted by Gasteiger charge is 2.31. The van der Waals surface area contributed by atoms with Crippen LogP contribution in [0.25, 0.3) is 15.6 Å². The molecule has 13 heteroatoms. The average molecular weight is 555 g/mol. The van der Waals surface area contributed by atoms with Crippen molar-refractivity contribution >= 4 is 99.3 Å². The fourth-order valence-electron chi connectivity index (χ4n) is 2.86. The van der Waals surface area contributed by atoms with Gasteiger partial charge in [0.1, 0.15) is 0 Å². The number of hydrogen-bond donors (Lipinski definition) is 2. The van der Waals surface area contributed by atoms with Crippen molar-refractivity contribution in [2.24, 2.45) is 0 Å². The van der Waals surface area contributed by atoms with Crippen molar-refractivity contribution in [1.82, 2.24) is 0 Å². The molecule has 7 nitrogen and oxygen atoms in total. The predicted octanol–water partition coefficient (Wildman–Crippen LogP) is 4.51. The minimum Gasteiger partial charge on any atom is -0.477 e. The first-order valence-corrected chi connectivity index (χ1v) is 13.1. The van der Waals surface area contributed by atoms with E-state index in [0.29, 0.717) is 20.7 Å². The van der Waals surface area contributed by atoms with Crippen LogP contribution in [0.4, 0.5) is 5.69 Å². The zero-order valence-corrected chi connectivity index (χ0v) is 19.8. The Labute approximate surface area is 191 Å². The van der Waals surface area contributed by atoms with Crippen LogP contribution in [-0.4, -0.2) is 29.9 Å². The number of thiazole rings is 1. The topological polar surface area (TPSA) is 98.8 Å². The molecule has 3 heterocycles. The lowest BCUT2D eigenvalue weighted by Gasteiger charge is -2.18. The largest absolute Gasteiger partial charge is 0.477 e. The van der Waals surface area contributed by atoms with Crippen molar-refractivity contribution in [3.8, 4) is 0 Å². The molecule has 152 valence electrons. The summed E-state index contributed by atoms with van der Waals surface area (Å²) in [5.41, 5.74) is 1.35. The van der Waals surface area contributed by atoms with Gasteiger partial charge >= 0.3 is 5.97 Å². The molecule has 29 heavy (non-hydrogen) atoms. The highest BCUT2D eigenvalue weighted by Crippen LogP contribution is 2.48. The first-order valence-electron chi connectivity index (χ1n) is 7.86. The van der Waals surface area contributed by atoms with Gasteiger partial charge in [-0.05, 0) is 34.1 Å². The number of hydrogen-bond acceptors (Lipinski definition) is 7. The van der Waals surface area contributed by atoms with Gasteiger partial charge in [0.05, 0.1) is 20.6 Å². The Bertz CT molecular complexity index is 1280. The maximum absolute atomic E-state index is 11.6. The summed E-state index contributed by atoms with van der Waals surface area (Å²) in [6.45, 7) is -0.232. The Balaban J connectivity index is 1.84. The molecule has 4 rings (SSSR count). The Morgan fingerprint density at radius 3 is 2.76 bits per heavy atom. The Kier molecular flexibility index (Phi) is 5.70. The minimum absolute atomic E-state index is 0.232.